The van der Waals surface area contributed by atoms with Crippen LogP contribution in [0.25, 0.3) is 0 Å². The van der Waals surface area contributed by atoms with Gasteiger partial charge in [0.2, 0.25) is 5.91 Å². The number of carbonyl (C=O) groups is 3. The number of hydrogen-bond acceptors (Lipinski definition) is 8. The fourth-order valence-electron chi connectivity index (χ4n) is 2.79. The van der Waals surface area contributed by atoms with Crippen LogP contribution in [-0.4, -0.2) is 54.2 Å². The van der Waals surface area contributed by atoms with E-state index in [2.05, 4.69) is 10.1 Å². The quantitative estimate of drug-likeness (QED) is 0.334. The molecule has 1 rings (SSSR count). The molecule has 10 nitrogen and oxygen atoms in total. The first-order valence-corrected chi connectivity index (χ1v) is 8.98. The molecule has 0 radical (unpaired) electrons. The number of benzene rings is 1. The predicted molar refractivity (Wildman–Crippen MR) is 102 cm³/mol. The van der Waals surface area contributed by atoms with Crippen molar-refractivity contribution < 1.29 is 33.9 Å². The molecule has 2 N–H and O–H groups in total. The van der Waals surface area contributed by atoms with Crippen molar-refractivity contribution in [2.75, 3.05) is 14.2 Å². The molecule has 29 heavy (non-hydrogen) atoms. The van der Waals surface area contributed by atoms with E-state index in [9.17, 15) is 29.6 Å². The standard InChI is InChI=1S/C19H26N2O8/c1-11(2)9-15(22)18(24)20-17(19(25)29-4)14(10-16(23)28-3)12-5-7-13(8-6-12)21(26)27/h5-8,11,14-15,17,22H,9-10H2,1-4H3,(H,20,24)/t14-,15+,17-/m0/s1. The van der Waals surface area contributed by atoms with Crippen molar-refractivity contribution in [3.05, 3.63) is 39.9 Å². The zero-order valence-electron chi connectivity index (χ0n) is 16.8. The summed E-state index contributed by atoms with van der Waals surface area (Å²) in [6.45, 7) is 3.65. The van der Waals surface area contributed by atoms with Crippen molar-refractivity contribution in [3.8, 4) is 0 Å². The molecule has 0 bridgehead atoms. The summed E-state index contributed by atoms with van der Waals surface area (Å²) in [4.78, 5) is 46.9. The molecule has 0 unspecified atom stereocenters. The molecule has 0 fully saturated rings. The van der Waals surface area contributed by atoms with E-state index < -0.39 is 40.8 Å². The van der Waals surface area contributed by atoms with E-state index in [0.717, 1.165) is 7.11 Å². The maximum Gasteiger partial charge on any atom is 0.329 e. The summed E-state index contributed by atoms with van der Waals surface area (Å²) in [5.74, 6) is -3.16. The van der Waals surface area contributed by atoms with Crippen molar-refractivity contribution >= 4 is 23.5 Å². The molecule has 1 amide bonds. The van der Waals surface area contributed by atoms with Gasteiger partial charge in [0, 0.05) is 18.1 Å². The summed E-state index contributed by atoms with van der Waals surface area (Å²) < 4.78 is 9.43. The van der Waals surface area contributed by atoms with Crippen LogP contribution in [0.4, 0.5) is 5.69 Å². The number of nitrogens with zero attached hydrogens (tertiary/aromatic N) is 1. The van der Waals surface area contributed by atoms with Gasteiger partial charge in [-0.2, -0.15) is 0 Å². The molecule has 0 saturated heterocycles. The molecule has 0 aromatic heterocycles. The lowest BCUT2D eigenvalue weighted by Gasteiger charge is -2.27. The van der Waals surface area contributed by atoms with Crippen molar-refractivity contribution in [1.82, 2.24) is 5.32 Å². The van der Waals surface area contributed by atoms with Crippen molar-refractivity contribution in [2.24, 2.45) is 5.92 Å². The fraction of sp³-hybridized carbons (Fsp3) is 0.526. The first-order chi connectivity index (χ1) is 13.6. The molecule has 0 saturated carbocycles. The lowest BCUT2D eigenvalue weighted by atomic mass is 9.88. The number of ether oxygens (including phenoxy) is 2. The Bertz CT molecular complexity index is 732. The van der Waals surface area contributed by atoms with Gasteiger partial charge in [0.1, 0.15) is 12.1 Å². The van der Waals surface area contributed by atoms with Crippen LogP contribution >= 0.6 is 0 Å². The Labute approximate surface area is 168 Å². The Kier molecular flexibility index (Phi) is 9.20. The second-order valence-corrected chi connectivity index (χ2v) is 6.89. The van der Waals surface area contributed by atoms with E-state index in [1.807, 2.05) is 13.8 Å². The number of methoxy groups -OCH3 is 2. The lowest BCUT2D eigenvalue weighted by Crippen LogP contribution is -2.49. The minimum atomic E-state index is -1.35. The van der Waals surface area contributed by atoms with Crippen molar-refractivity contribution in [3.63, 3.8) is 0 Å². The normalized spacial score (nSPS) is 13.9. The number of rotatable bonds is 10. The SMILES string of the molecule is COC(=O)C[C@@H](c1ccc([N+](=O)[O-])cc1)[C@H](NC(=O)[C@H](O)CC(C)C)C(=O)OC. The Morgan fingerprint density at radius 3 is 2.17 bits per heavy atom. The number of carbonyl (C=O) groups excluding carboxylic acids is 3. The third-order valence-electron chi connectivity index (χ3n) is 4.30. The first kappa shape index (κ1) is 24.0. The number of nitro groups is 1. The van der Waals surface area contributed by atoms with Crippen LogP contribution in [0.15, 0.2) is 24.3 Å². The zero-order valence-corrected chi connectivity index (χ0v) is 16.8. The number of hydrogen-bond donors (Lipinski definition) is 2. The lowest BCUT2D eigenvalue weighted by molar-refractivity contribution is -0.384. The second-order valence-electron chi connectivity index (χ2n) is 6.89. The Morgan fingerprint density at radius 1 is 1.14 bits per heavy atom. The van der Waals surface area contributed by atoms with Crippen LogP contribution in [0.5, 0.6) is 0 Å². The molecule has 0 aliphatic rings. The van der Waals surface area contributed by atoms with E-state index in [1.165, 1.54) is 31.4 Å². The molecule has 0 aliphatic carbocycles. The van der Waals surface area contributed by atoms with Gasteiger partial charge in [-0.05, 0) is 17.9 Å². The minimum Gasteiger partial charge on any atom is -0.469 e. The number of esters is 2. The number of nitro benzene ring substituents is 1. The number of nitrogens with one attached hydrogen (secondary N) is 1. The summed E-state index contributed by atoms with van der Waals surface area (Å²) in [6, 6.07) is 3.92. The molecule has 0 aliphatic heterocycles. The number of aliphatic hydroxyl groups is 1. The maximum atomic E-state index is 12.4. The van der Waals surface area contributed by atoms with Crippen LogP contribution in [0.1, 0.15) is 38.2 Å². The number of non-ortho nitro benzene ring substituents is 1. The second kappa shape index (κ2) is 11.1. The zero-order chi connectivity index (χ0) is 22.1. The van der Waals surface area contributed by atoms with Crippen molar-refractivity contribution in [2.45, 2.75) is 44.8 Å². The highest BCUT2D eigenvalue weighted by Gasteiger charge is 2.35. The molecule has 3 atom stereocenters. The Balaban J connectivity index is 3.25. The van der Waals surface area contributed by atoms with E-state index in [0.29, 0.717) is 5.56 Å². The van der Waals surface area contributed by atoms with Crippen molar-refractivity contribution in [1.29, 1.82) is 0 Å². The summed E-state index contributed by atoms with van der Waals surface area (Å²) in [5.41, 5.74) is 0.214. The molecule has 0 heterocycles. The third kappa shape index (κ3) is 7.15. The Morgan fingerprint density at radius 2 is 1.72 bits per heavy atom. The molecule has 0 spiro atoms. The van der Waals surface area contributed by atoms with Gasteiger partial charge in [-0.1, -0.05) is 26.0 Å². The van der Waals surface area contributed by atoms with Crippen LogP contribution in [0, 0.1) is 16.0 Å². The van der Waals surface area contributed by atoms with Gasteiger partial charge in [0.05, 0.1) is 25.6 Å². The molecular formula is C19H26N2O8. The summed E-state index contributed by atoms with van der Waals surface area (Å²) in [7, 11) is 2.30. The average Bonchev–Trinajstić information content (AvgIpc) is 2.69. The average molecular weight is 410 g/mol. The van der Waals surface area contributed by atoms with Gasteiger partial charge in [-0.25, -0.2) is 4.79 Å². The van der Waals surface area contributed by atoms with E-state index in [4.69, 9.17) is 4.74 Å². The molecule has 1 aromatic rings. The topological polar surface area (TPSA) is 145 Å². The van der Waals surface area contributed by atoms with E-state index in [-0.39, 0.29) is 24.4 Å². The van der Waals surface area contributed by atoms with Gasteiger partial charge >= 0.3 is 11.9 Å². The van der Waals surface area contributed by atoms with Crippen LogP contribution < -0.4 is 5.32 Å². The van der Waals surface area contributed by atoms with E-state index >= 15 is 0 Å². The monoisotopic (exact) mass is 410 g/mol. The summed E-state index contributed by atoms with van der Waals surface area (Å²) in [6.07, 6.45) is -1.47. The molecule has 10 heteroatoms. The largest absolute Gasteiger partial charge is 0.469 e. The molecule has 160 valence electrons. The number of amides is 1. The van der Waals surface area contributed by atoms with Crippen LogP contribution in [0.3, 0.4) is 0 Å². The molecular weight excluding hydrogens is 384 g/mol. The Hall–Kier alpha value is -3.01. The first-order valence-electron chi connectivity index (χ1n) is 8.98. The minimum absolute atomic E-state index is 0.0351. The summed E-state index contributed by atoms with van der Waals surface area (Å²) >= 11 is 0. The highest BCUT2D eigenvalue weighted by Crippen LogP contribution is 2.27. The third-order valence-corrected chi connectivity index (χ3v) is 4.30. The van der Waals surface area contributed by atoms with Gasteiger partial charge in [0.15, 0.2) is 0 Å². The van der Waals surface area contributed by atoms with E-state index in [1.54, 1.807) is 0 Å². The van der Waals surface area contributed by atoms with Crippen LogP contribution in [-0.2, 0) is 23.9 Å². The predicted octanol–water partition coefficient (Wildman–Crippen LogP) is 1.31. The van der Waals surface area contributed by atoms with Gasteiger partial charge in [0.25, 0.3) is 5.69 Å². The van der Waals surface area contributed by atoms with Gasteiger partial charge < -0.3 is 19.9 Å². The number of aliphatic hydroxyl groups excluding tert-OH is 1. The van der Waals surface area contributed by atoms with Gasteiger partial charge in [-0.15, -0.1) is 0 Å². The maximum absolute atomic E-state index is 12.4. The highest BCUT2D eigenvalue weighted by molar-refractivity contribution is 5.88. The van der Waals surface area contributed by atoms with Crippen LogP contribution in [0.2, 0.25) is 0 Å². The van der Waals surface area contributed by atoms with Gasteiger partial charge in [-0.3, -0.25) is 19.7 Å². The smallest absolute Gasteiger partial charge is 0.329 e. The summed E-state index contributed by atoms with van der Waals surface area (Å²) in [5, 5.41) is 23.3. The highest BCUT2D eigenvalue weighted by atomic mass is 16.6. The fourth-order valence-corrected chi connectivity index (χ4v) is 2.79. The molecule has 1 aromatic carbocycles.